The van der Waals surface area contributed by atoms with Gasteiger partial charge < -0.3 is 25.4 Å². The number of nitrogens with one attached hydrogen (secondary N) is 3. The standard InChI is InChI=1S/C15H21N3O4.ClH/c1-2-22-12-5-3-11(4-6-12)18-14(19)9-17-15(20)13-10-21-8-7-16-13;/h3-6,13,16H,2,7-10H2,1H3,(H,17,20)(H,18,19);1H. The zero-order chi connectivity index (χ0) is 15.8. The Labute approximate surface area is 141 Å². The van der Waals surface area contributed by atoms with Gasteiger partial charge in [0.2, 0.25) is 11.8 Å². The van der Waals surface area contributed by atoms with Gasteiger partial charge in [0.25, 0.3) is 0 Å². The lowest BCUT2D eigenvalue weighted by molar-refractivity contribution is -0.128. The van der Waals surface area contributed by atoms with E-state index in [2.05, 4.69) is 16.0 Å². The van der Waals surface area contributed by atoms with Crippen LogP contribution in [-0.4, -0.2) is 50.8 Å². The molecule has 1 aromatic carbocycles. The number of morpholine rings is 1. The summed E-state index contributed by atoms with van der Waals surface area (Å²) in [5.41, 5.74) is 0.654. The predicted octanol–water partition coefficient (Wildman–Crippen LogP) is 0.550. The molecule has 1 heterocycles. The van der Waals surface area contributed by atoms with Gasteiger partial charge in [-0.3, -0.25) is 9.59 Å². The molecule has 2 rings (SSSR count). The maximum absolute atomic E-state index is 11.8. The number of halogens is 1. The topological polar surface area (TPSA) is 88.7 Å². The molecule has 0 radical (unpaired) electrons. The van der Waals surface area contributed by atoms with Gasteiger partial charge in [-0.2, -0.15) is 0 Å². The Bertz CT molecular complexity index is 504. The molecular weight excluding hydrogens is 322 g/mol. The van der Waals surface area contributed by atoms with Gasteiger partial charge in [-0.1, -0.05) is 0 Å². The van der Waals surface area contributed by atoms with E-state index in [1.54, 1.807) is 24.3 Å². The van der Waals surface area contributed by atoms with Crippen LogP contribution in [0.4, 0.5) is 5.69 Å². The lowest BCUT2D eigenvalue weighted by Gasteiger charge is -2.22. The summed E-state index contributed by atoms with van der Waals surface area (Å²) in [5, 5.41) is 8.32. The maximum Gasteiger partial charge on any atom is 0.243 e. The second-order valence-corrected chi connectivity index (χ2v) is 4.80. The molecule has 1 aliphatic rings. The largest absolute Gasteiger partial charge is 0.494 e. The van der Waals surface area contributed by atoms with Crippen molar-refractivity contribution >= 4 is 29.9 Å². The smallest absolute Gasteiger partial charge is 0.243 e. The van der Waals surface area contributed by atoms with Gasteiger partial charge >= 0.3 is 0 Å². The highest BCUT2D eigenvalue weighted by Crippen LogP contribution is 2.15. The van der Waals surface area contributed by atoms with Crippen molar-refractivity contribution in [1.82, 2.24) is 10.6 Å². The molecule has 23 heavy (non-hydrogen) atoms. The predicted molar refractivity (Wildman–Crippen MR) is 89.1 cm³/mol. The molecule has 1 fully saturated rings. The molecule has 128 valence electrons. The van der Waals surface area contributed by atoms with E-state index in [1.807, 2.05) is 6.92 Å². The molecule has 0 aliphatic carbocycles. The molecule has 2 amide bonds. The fraction of sp³-hybridized carbons (Fsp3) is 0.467. The third-order valence-corrected chi connectivity index (χ3v) is 3.11. The van der Waals surface area contributed by atoms with E-state index < -0.39 is 6.04 Å². The van der Waals surface area contributed by atoms with Crippen LogP contribution in [-0.2, 0) is 14.3 Å². The first-order chi connectivity index (χ1) is 10.7. The molecule has 8 heteroatoms. The molecule has 0 saturated carbocycles. The third kappa shape index (κ3) is 6.43. The fourth-order valence-corrected chi connectivity index (χ4v) is 2.03. The van der Waals surface area contributed by atoms with Gasteiger partial charge in [-0.05, 0) is 31.2 Å². The highest BCUT2D eigenvalue weighted by atomic mass is 35.5. The van der Waals surface area contributed by atoms with Gasteiger partial charge in [0.15, 0.2) is 0 Å². The Morgan fingerprint density at radius 1 is 1.35 bits per heavy atom. The molecule has 3 N–H and O–H groups in total. The first kappa shape index (κ1) is 19.2. The summed E-state index contributed by atoms with van der Waals surface area (Å²) in [6.07, 6.45) is 0. The second kappa shape index (κ2) is 10.0. The van der Waals surface area contributed by atoms with E-state index in [0.717, 1.165) is 5.75 Å². The number of hydrogen-bond acceptors (Lipinski definition) is 5. The van der Waals surface area contributed by atoms with Gasteiger partial charge in [0.1, 0.15) is 11.8 Å². The Balaban J connectivity index is 0.00000264. The van der Waals surface area contributed by atoms with Crippen molar-refractivity contribution in [2.24, 2.45) is 0 Å². The van der Waals surface area contributed by atoms with Crippen LogP contribution >= 0.6 is 12.4 Å². The van der Waals surface area contributed by atoms with Gasteiger partial charge in [0.05, 0.1) is 26.4 Å². The van der Waals surface area contributed by atoms with Crippen LogP contribution in [0.2, 0.25) is 0 Å². The van der Waals surface area contributed by atoms with Crippen LogP contribution in [0.25, 0.3) is 0 Å². The van der Waals surface area contributed by atoms with Crippen molar-refractivity contribution in [1.29, 1.82) is 0 Å². The molecule has 0 bridgehead atoms. The van der Waals surface area contributed by atoms with Crippen molar-refractivity contribution in [3.8, 4) is 5.75 Å². The van der Waals surface area contributed by atoms with E-state index in [4.69, 9.17) is 9.47 Å². The van der Waals surface area contributed by atoms with E-state index in [-0.39, 0.29) is 30.8 Å². The highest BCUT2D eigenvalue weighted by molar-refractivity contribution is 5.95. The summed E-state index contributed by atoms with van der Waals surface area (Å²) < 4.78 is 10.5. The zero-order valence-electron chi connectivity index (χ0n) is 13.0. The lowest BCUT2D eigenvalue weighted by atomic mass is 10.2. The monoisotopic (exact) mass is 343 g/mol. The summed E-state index contributed by atoms with van der Waals surface area (Å²) in [7, 11) is 0. The number of anilines is 1. The van der Waals surface area contributed by atoms with Crippen molar-refractivity contribution < 1.29 is 19.1 Å². The van der Waals surface area contributed by atoms with Gasteiger partial charge in [0, 0.05) is 12.2 Å². The summed E-state index contributed by atoms with van der Waals surface area (Å²) in [4.78, 5) is 23.6. The van der Waals surface area contributed by atoms with Crippen LogP contribution in [0.3, 0.4) is 0 Å². The molecule has 0 aromatic heterocycles. The second-order valence-electron chi connectivity index (χ2n) is 4.80. The SMILES string of the molecule is CCOc1ccc(NC(=O)CNC(=O)C2COCCN2)cc1.Cl. The molecular formula is C15H22ClN3O4. The van der Waals surface area contributed by atoms with Gasteiger partial charge in [-0.25, -0.2) is 0 Å². The van der Waals surface area contributed by atoms with E-state index in [0.29, 0.717) is 32.1 Å². The van der Waals surface area contributed by atoms with E-state index in [9.17, 15) is 9.59 Å². The average molecular weight is 344 g/mol. The fourth-order valence-electron chi connectivity index (χ4n) is 2.03. The summed E-state index contributed by atoms with van der Waals surface area (Å²) in [6.45, 7) is 3.98. The molecule has 1 saturated heterocycles. The number of rotatable bonds is 6. The number of carbonyl (C=O) groups excluding carboxylic acids is 2. The third-order valence-electron chi connectivity index (χ3n) is 3.11. The Kier molecular flexibility index (Phi) is 8.39. The zero-order valence-corrected chi connectivity index (χ0v) is 13.8. The molecule has 7 nitrogen and oxygen atoms in total. The number of ether oxygens (including phenoxy) is 2. The number of hydrogen-bond donors (Lipinski definition) is 3. The molecule has 1 atom stereocenters. The van der Waals surface area contributed by atoms with E-state index >= 15 is 0 Å². The molecule has 1 unspecified atom stereocenters. The minimum Gasteiger partial charge on any atom is -0.494 e. The first-order valence-electron chi connectivity index (χ1n) is 7.30. The Morgan fingerprint density at radius 2 is 2.09 bits per heavy atom. The van der Waals surface area contributed by atoms with Crippen LogP contribution in [0, 0.1) is 0 Å². The molecule has 1 aliphatic heterocycles. The molecule has 0 spiro atoms. The normalized spacial score (nSPS) is 16.8. The summed E-state index contributed by atoms with van der Waals surface area (Å²) in [6, 6.07) is 6.66. The maximum atomic E-state index is 11.8. The average Bonchev–Trinajstić information content (AvgIpc) is 2.55. The Morgan fingerprint density at radius 3 is 2.70 bits per heavy atom. The van der Waals surface area contributed by atoms with Crippen LogP contribution < -0.4 is 20.7 Å². The number of carbonyl (C=O) groups is 2. The first-order valence-corrected chi connectivity index (χ1v) is 7.30. The van der Waals surface area contributed by atoms with Crippen LogP contribution in [0.15, 0.2) is 24.3 Å². The minimum atomic E-state index is -0.396. The molecule has 1 aromatic rings. The van der Waals surface area contributed by atoms with Crippen molar-refractivity contribution in [3.05, 3.63) is 24.3 Å². The quantitative estimate of drug-likeness (QED) is 0.702. The van der Waals surface area contributed by atoms with Crippen molar-refractivity contribution in [3.63, 3.8) is 0 Å². The lowest BCUT2D eigenvalue weighted by Crippen LogP contribution is -2.52. The minimum absolute atomic E-state index is 0. The van der Waals surface area contributed by atoms with Crippen molar-refractivity contribution in [2.45, 2.75) is 13.0 Å². The number of benzene rings is 1. The van der Waals surface area contributed by atoms with Crippen LogP contribution in [0.1, 0.15) is 6.92 Å². The van der Waals surface area contributed by atoms with Crippen LogP contribution in [0.5, 0.6) is 5.75 Å². The number of amides is 2. The van der Waals surface area contributed by atoms with Gasteiger partial charge in [-0.15, -0.1) is 12.4 Å². The Hall–Kier alpha value is -1.83. The van der Waals surface area contributed by atoms with Crippen molar-refractivity contribution in [2.75, 3.05) is 38.2 Å². The van der Waals surface area contributed by atoms with E-state index in [1.165, 1.54) is 0 Å². The summed E-state index contributed by atoms with van der Waals surface area (Å²) in [5.74, 6) is 0.230. The highest BCUT2D eigenvalue weighted by Gasteiger charge is 2.21. The summed E-state index contributed by atoms with van der Waals surface area (Å²) >= 11 is 0.